The van der Waals surface area contributed by atoms with Crippen LogP contribution < -0.4 is 0 Å². The van der Waals surface area contributed by atoms with E-state index in [1.54, 1.807) is 14.2 Å². The maximum absolute atomic E-state index is 8.72. The highest BCUT2D eigenvalue weighted by Gasteiger charge is 2.38. The largest absolute Gasteiger partial charge is 0.411 e. The zero-order chi connectivity index (χ0) is 9.03. The summed E-state index contributed by atoms with van der Waals surface area (Å²) in [7, 11) is 3.14. The summed E-state index contributed by atoms with van der Waals surface area (Å²) in [6.45, 7) is 0. The first-order chi connectivity index (χ1) is 5.79. The topological polar surface area (TPSA) is 51.0 Å². The Morgan fingerprint density at radius 3 is 2.42 bits per heavy atom. The molecule has 0 aromatic rings. The number of hydrogen-bond acceptors (Lipinski definition) is 4. The second kappa shape index (κ2) is 3.87. The number of hydrogen-bond donors (Lipinski definition) is 1. The third kappa shape index (κ3) is 1.44. The van der Waals surface area contributed by atoms with Gasteiger partial charge < -0.3 is 14.7 Å². The molecule has 0 saturated heterocycles. The van der Waals surface area contributed by atoms with Gasteiger partial charge in [-0.25, -0.2) is 0 Å². The zero-order valence-electron chi connectivity index (χ0n) is 7.54. The summed E-state index contributed by atoms with van der Waals surface area (Å²) in [5.41, 5.74) is 0.596. The third-order valence-electron chi connectivity index (χ3n) is 2.39. The van der Waals surface area contributed by atoms with Crippen LogP contribution in [-0.2, 0) is 9.47 Å². The third-order valence-corrected chi connectivity index (χ3v) is 2.39. The lowest BCUT2D eigenvalue weighted by Gasteiger charge is -2.34. The lowest BCUT2D eigenvalue weighted by Crippen LogP contribution is -2.45. The van der Waals surface area contributed by atoms with Crippen molar-refractivity contribution in [2.75, 3.05) is 14.2 Å². The van der Waals surface area contributed by atoms with E-state index in [1.165, 1.54) is 0 Å². The van der Waals surface area contributed by atoms with Crippen LogP contribution in [0.1, 0.15) is 25.7 Å². The van der Waals surface area contributed by atoms with Crippen LogP contribution in [-0.4, -0.2) is 30.9 Å². The molecule has 0 amide bonds. The molecule has 0 spiro atoms. The molecule has 0 unspecified atom stereocenters. The van der Waals surface area contributed by atoms with E-state index in [2.05, 4.69) is 5.16 Å². The van der Waals surface area contributed by atoms with Crippen LogP contribution in [0.3, 0.4) is 0 Å². The van der Waals surface area contributed by atoms with Crippen LogP contribution in [0.2, 0.25) is 0 Å². The molecule has 70 valence electrons. The summed E-state index contributed by atoms with van der Waals surface area (Å²) >= 11 is 0. The summed E-state index contributed by atoms with van der Waals surface area (Å²) in [5.74, 6) is -0.771. The second-order valence-electron chi connectivity index (χ2n) is 2.91. The molecule has 1 saturated carbocycles. The standard InChI is InChI=1S/C8H15NO3/c1-11-8(12-2)6-4-3-5-7(8)9-10/h10H,3-6H2,1-2H3/b9-7+. The fraction of sp³-hybridized carbons (Fsp3) is 0.875. The summed E-state index contributed by atoms with van der Waals surface area (Å²) in [4.78, 5) is 0. The molecule has 1 rings (SSSR count). The monoisotopic (exact) mass is 173 g/mol. The van der Waals surface area contributed by atoms with Crippen molar-refractivity contribution < 1.29 is 14.7 Å². The van der Waals surface area contributed by atoms with Gasteiger partial charge in [-0.05, 0) is 19.3 Å². The predicted molar refractivity (Wildman–Crippen MR) is 44.4 cm³/mol. The molecule has 0 aromatic heterocycles. The number of oxime groups is 1. The van der Waals surface area contributed by atoms with Crippen LogP contribution in [0, 0.1) is 0 Å². The van der Waals surface area contributed by atoms with Gasteiger partial charge in [-0.1, -0.05) is 5.16 Å². The average Bonchev–Trinajstić information content (AvgIpc) is 2.17. The smallest absolute Gasteiger partial charge is 0.211 e. The minimum atomic E-state index is -0.771. The molecule has 0 aromatic carbocycles. The maximum atomic E-state index is 8.72. The van der Waals surface area contributed by atoms with Gasteiger partial charge in [0.05, 0.1) is 0 Å². The van der Waals surface area contributed by atoms with Crippen LogP contribution in [0.5, 0.6) is 0 Å². The molecular weight excluding hydrogens is 158 g/mol. The van der Waals surface area contributed by atoms with E-state index in [0.717, 1.165) is 25.7 Å². The van der Waals surface area contributed by atoms with Crippen molar-refractivity contribution in [3.63, 3.8) is 0 Å². The van der Waals surface area contributed by atoms with Gasteiger partial charge in [-0.2, -0.15) is 0 Å². The fourth-order valence-electron chi connectivity index (χ4n) is 1.63. The van der Waals surface area contributed by atoms with E-state index < -0.39 is 5.79 Å². The first-order valence-electron chi connectivity index (χ1n) is 4.11. The van der Waals surface area contributed by atoms with Gasteiger partial charge in [0.25, 0.3) is 0 Å². The van der Waals surface area contributed by atoms with Crippen LogP contribution >= 0.6 is 0 Å². The van der Waals surface area contributed by atoms with E-state index >= 15 is 0 Å². The molecular formula is C8H15NO3. The molecule has 1 fully saturated rings. The Morgan fingerprint density at radius 2 is 2.00 bits per heavy atom. The molecule has 0 radical (unpaired) electrons. The number of methoxy groups -OCH3 is 2. The van der Waals surface area contributed by atoms with Crippen LogP contribution in [0.4, 0.5) is 0 Å². The minimum absolute atomic E-state index is 0.596. The van der Waals surface area contributed by atoms with Crippen molar-refractivity contribution in [3.8, 4) is 0 Å². The second-order valence-corrected chi connectivity index (χ2v) is 2.91. The van der Waals surface area contributed by atoms with Crippen molar-refractivity contribution in [1.82, 2.24) is 0 Å². The van der Waals surface area contributed by atoms with Crippen molar-refractivity contribution >= 4 is 5.71 Å². The van der Waals surface area contributed by atoms with E-state index in [9.17, 15) is 0 Å². The lowest BCUT2D eigenvalue weighted by molar-refractivity contribution is -0.164. The van der Waals surface area contributed by atoms with Gasteiger partial charge >= 0.3 is 0 Å². The van der Waals surface area contributed by atoms with Crippen molar-refractivity contribution in [2.45, 2.75) is 31.5 Å². The first-order valence-corrected chi connectivity index (χ1v) is 4.11. The zero-order valence-corrected chi connectivity index (χ0v) is 7.54. The highest BCUT2D eigenvalue weighted by atomic mass is 16.7. The Bertz CT molecular complexity index is 175. The van der Waals surface area contributed by atoms with Gasteiger partial charge in [-0.15, -0.1) is 0 Å². The number of nitrogens with zero attached hydrogens (tertiary/aromatic N) is 1. The molecule has 1 aliphatic rings. The Morgan fingerprint density at radius 1 is 1.33 bits per heavy atom. The Hall–Kier alpha value is -0.610. The molecule has 0 heterocycles. The summed E-state index contributed by atoms with van der Waals surface area (Å²) in [5, 5.41) is 11.9. The van der Waals surface area contributed by atoms with Gasteiger partial charge in [0.15, 0.2) is 0 Å². The average molecular weight is 173 g/mol. The molecule has 0 atom stereocenters. The molecule has 4 nitrogen and oxygen atoms in total. The summed E-state index contributed by atoms with van der Waals surface area (Å²) in [6, 6.07) is 0. The van der Waals surface area contributed by atoms with Gasteiger partial charge in [0.1, 0.15) is 5.71 Å². The Balaban J connectivity index is 2.81. The molecule has 12 heavy (non-hydrogen) atoms. The quantitative estimate of drug-likeness (QED) is 0.390. The molecule has 0 bridgehead atoms. The fourth-order valence-corrected chi connectivity index (χ4v) is 1.63. The Kier molecular flexibility index (Phi) is 3.05. The highest BCUT2D eigenvalue weighted by Crippen LogP contribution is 2.29. The Labute approximate surface area is 72.2 Å². The predicted octanol–water partition coefficient (Wildman–Crippen LogP) is 1.38. The first kappa shape index (κ1) is 9.48. The number of ether oxygens (including phenoxy) is 2. The molecule has 1 aliphatic carbocycles. The number of rotatable bonds is 2. The van der Waals surface area contributed by atoms with E-state index in [-0.39, 0.29) is 0 Å². The SMILES string of the molecule is COC1(OC)CCCC/C1=N\O. The van der Waals surface area contributed by atoms with E-state index in [1.807, 2.05) is 0 Å². The van der Waals surface area contributed by atoms with E-state index in [4.69, 9.17) is 14.7 Å². The van der Waals surface area contributed by atoms with E-state index in [0.29, 0.717) is 5.71 Å². The van der Waals surface area contributed by atoms with Gasteiger partial charge in [0.2, 0.25) is 5.79 Å². The summed E-state index contributed by atoms with van der Waals surface area (Å²) in [6.07, 6.45) is 3.59. The highest BCUT2D eigenvalue weighted by molar-refractivity contribution is 5.91. The van der Waals surface area contributed by atoms with Crippen molar-refractivity contribution in [3.05, 3.63) is 0 Å². The van der Waals surface area contributed by atoms with Crippen LogP contribution in [0.25, 0.3) is 0 Å². The molecule has 4 heteroatoms. The van der Waals surface area contributed by atoms with Crippen molar-refractivity contribution in [1.29, 1.82) is 0 Å². The van der Waals surface area contributed by atoms with Gasteiger partial charge in [0, 0.05) is 20.6 Å². The lowest BCUT2D eigenvalue weighted by atomic mass is 9.92. The van der Waals surface area contributed by atoms with Crippen molar-refractivity contribution in [2.24, 2.45) is 5.16 Å². The van der Waals surface area contributed by atoms with Gasteiger partial charge in [-0.3, -0.25) is 0 Å². The molecule has 1 N–H and O–H groups in total. The maximum Gasteiger partial charge on any atom is 0.211 e. The minimum Gasteiger partial charge on any atom is -0.411 e. The normalized spacial score (nSPS) is 26.0. The molecule has 0 aliphatic heterocycles. The van der Waals surface area contributed by atoms with Crippen LogP contribution in [0.15, 0.2) is 5.16 Å². The summed E-state index contributed by atoms with van der Waals surface area (Å²) < 4.78 is 10.4.